The molecule has 2 atom stereocenters. The predicted molar refractivity (Wildman–Crippen MR) is 74.5 cm³/mol. The molecule has 96 valence electrons. The number of carbonyl (C=O) groups excluding carboxylic acids is 1. The highest BCUT2D eigenvalue weighted by Gasteiger charge is 2.32. The Balaban J connectivity index is 1.74. The number of nitrogens with one attached hydrogen (secondary N) is 1. The van der Waals surface area contributed by atoms with E-state index < -0.39 is 0 Å². The molecule has 0 aliphatic carbocycles. The lowest BCUT2D eigenvalue weighted by Gasteiger charge is -2.41. The fraction of sp³-hybridized carbons (Fsp3) is 0.500. The number of carbonyl (C=O) groups is 1. The molecule has 0 radical (unpaired) electrons. The van der Waals surface area contributed by atoms with Crippen LogP contribution in [0.3, 0.4) is 0 Å². The third kappa shape index (κ3) is 2.45. The van der Waals surface area contributed by atoms with Gasteiger partial charge in [0.2, 0.25) is 0 Å². The number of amides is 1. The van der Waals surface area contributed by atoms with Crippen molar-refractivity contribution in [3.8, 4) is 0 Å². The summed E-state index contributed by atoms with van der Waals surface area (Å²) in [4.78, 5) is 14.5. The molecule has 2 fully saturated rings. The molecule has 1 aromatic rings. The average molecular weight is 309 g/mol. The molecule has 1 amide bonds. The largest absolute Gasteiger partial charge is 0.338 e. The number of fused-ring (bicyclic) bond motifs is 2. The summed E-state index contributed by atoms with van der Waals surface area (Å²) in [6.45, 7) is 3.91. The Morgan fingerprint density at radius 2 is 1.78 bits per heavy atom. The maximum Gasteiger partial charge on any atom is 0.253 e. The summed E-state index contributed by atoms with van der Waals surface area (Å²) < 4.78 is 1.01. The van der Waals surface area contributed by atoms with E-state index in [2.05, 4.69) is 21.2 Å². The highest BCUT2D eigenvalue weighted by molar-refractivity contribution is 9.10. The minimum absolute atomic E-state index is 0.180. The SMILES string of the molecule is O=C(c1ccc(Br)cc1)N1C[C@@H]2CNC[C@@H](C2)C1. The van der Waals surface area contributed by atoms with Crippen LogP contribution in [-0.4, -0.2) is 37.0 Å². The predicted octanol–water partition coefficient (Wildman–Crippen LogP) is 2.13. The van der Waals surface area contributed by atoms with Crippen molar-refractivity contribution < 1.29 is 4.79 Å². The van der Waals surface area contributed by atoms with Gasteiger partial charge in [0.05, 0.1) is 0 Å². The van der Waals surface area contributed by atoms with Crippen molar-refractivity contribution in [2.24, 2.45) is 11.8 Å². The average Bonchev–Trinajstić information content (AvgIpc) is 2.38. The Morgan fingerprint density at radius 3 is 2.39 bits per heavy atom. The van der Waals surface area contributed by atoms with Crippen molar-refractivity contribution in [3.05, 3.63) is 34.3 Å². The summed E-state index contributed by atoms with van der Waals surface area (Å²) in [5, 5.41) is 3.45. The Bertz CT molecular complexity index is 434. The molecule has 0 saturated carbocycles. The molecule has 2 saturated heterocycles. The molecule has 18 heavy (non-hydrogen) atoms. The Hall–Kier alpha value is -0.870. The second-order valence-electron chi connectivity index (χ2n) is 5.34. The maximum absolute atomic E-state index is 12.4. The summed E-state index contributed by atoms with van der Waals surface area (Å²) in [6, 6.07) is 7.66. The van der Waals surface area contributed by atoms with E-state index in [9.17, 15) is 4.79 Å². The third-order valence-corrected chi connectivity index (χ3v) is 4.40. The maximum atomic E-state index is 12.4. The van der Waals surface area contributed by atoms with E-state index in [1.54, 1.807) is 0 Å². The van der Waals surface area contributed by atoms with Gasteiger partial charge in [-0.2, -0.15) is 0 Å². The highest BCUT2D eigenvalue weighted by Crippen LogP contribution is 2.25. The standard InChI is InChI=1S/C14H17BrN2O/c15-13-3-1-12(2-4-13)14(18)17-8-10-5-11(9-17)7-16-6-10/h1-4,10-11,16H,5-9H2/t10-,11+. The van der Waals surface area contributed by atoms with Gasteiger partial charge in [0, 0.05) is 23.1 Å². The van der Waals surface area contributed by atoms with Gasteiger partial charge in [-0.05, 0) is 55.6 Å². The molecule has 2 aliphatic rings. The Kier molecular flexibility index (Phi) is 3.39. The molecule has 1 aromatic carbocycles. The normalized spacial score (nSPS) is 27.1. The zero-order valence-electron chi connectivity index (χ0n) is 10.2. The van der Waals surface area contributed by atoms with Crippen LogP contribution in [0.4, 0.5) is 0 Å². The first-order valence-electron chi connectivity index (χ1n) is 6.48. The van der Waals surface area contributed by atoms with Gasteiger partial charge in [-0.15, -0.1) is 0 Å². The second kappa shape index (κ2) is 5.02. The number of hydrogen-bond donors (Lipinski definition) is 1. The van der Waals surface area contributed by atoms with Crippen LogP contribution in [0.5, 0.6) is 0 Å². The molecule has 4 heteroatoms. The number of likely N-dealkylation sites (tertiary alicyclic amines) is 1. The van der Waals surface area contributed by atoms with Gasteiger partial charge in [-0.3, -0.25) is 4.79 Å². The highest BCUT2D eigenvalue weighted by atomic mass is 79.9. The lowest BCUT2D eigenvalue weighted by Crippen LogP contribution is -2.52. The first-order valence-corrected chi connectivity index (χ1v) is 7.27. The monoisotopic (exact) mass is 308 g/mol. The quantitative estimate of drug-likeness (QED) is 0.862. The number of halogens is 1. The van der Waals surface area contributed by atoms with E-state index in [1.807, 2.05) is 29.2 Å². The zero-order chi connectivity index (χ0) is 12.5. The van der Waals surface area contributed by atoms with Crippen molar-refractivity contribution in [2.45, 2.75) is 6.42 Å². The number of hydrogen-bond acceptors (Lipinski definition) is 2. The molecule has 2 bridgehead atoms. The lowest BCUT2D eigenvalue weighted by atomic mass is 9.85. The van der Waals surface area contributed by atoms with Crippen molar-refractivity contribution in [1.29, 1.82) is 0 Å². The molecule has 3 rings (SSSR count). The number of benzene rings is 1. The van der Waals surface area contributed by atoms with Gasteiger partial charge in [0.15, 0.2) is 0 Å². The van der Waals surface area contributed by atoms with E-state index in [0.717, 1.165) is 36.2 Å². The molecular weight excluding hydrogens is 292 g/mol. The van der Waals surface area contributed by atoms with Crippen molar-refractivity contribution in [3.63, 3.8) is 0 Å². The van der Waals surface area contributed by atoms with Gasteiger partial charge >= 0.3 is 0 Å². The van der Waals surface area contributed by atoms with Crippen molar-refractivity contribution in [2.75, 3.05) is 26.2 Å². The Labute approximate surface area is 116 Å². The number of rotatable bonds is 1. The van der Waals surface area contributed by atoms with Gasteiger partial charge in [0.1, 0.15) is 0 Å². The summed E-state index contributed by atoms with van der Waals surface area (Å²) >= 11 is 3.40. The van der Waals surface area contributed by atoms with E-state index in [0.29, 0.717) is 11.8 Å². The topological polar surface area (TPSA) is 32.3 Å². The van der Waals surface area contributed by atoms with Crippen LogP contribution in [0.15, 0.2) is 28.7 Å². The van der Waals surface area contributed by atoms with Crippen LogP contribution in [0.2, 0.25) is 0 Å². The van der Waals surface area contributed by atoms with E-state index in [1.165, 1.54) is 6.42 Å². The van der Waals surface area contributed by atoms with Crippen LogP contribution in [-0.2, 0) is 0 Å². The van der Waals surface area contributed by atoms with E-state index in [-0.39, 0.29) is 5.91 Å². The van der Waals surface area contributed by atoms with Gasteiger partial charge in [-0.1, -0.05) is 15.9 Å². The van der Waals surface area contributed by atoms with E-state index in [4.69, 9.17) is 0 Å². The summed E-state index contributed by atoms with van der Waals surface area (Å²) in [5.41, 5.74) is 0.797. The van der Waals surface area contributed by atoms with Crippen LogP contribution in [0.1, 0.15) is 16.8 Å². The molecule has 0 spiro atoms. The van der Waals surface area contributed by atoms with Crippen LogP contribution >= 0.6 is 15.9 Å². The third-order valence-electron chi connectivity index (χ3n) is 3.87. The number of piperidine rings is 2. The second-order valence-corrected chi connectivity index (χ2v) is 6.26. The van der Waals surface area contributed by atoms with Crippen LogP contribution in [0.25, 0.3) is 0 Å². The molecule has 2 heterocycles. The molecule has 1 N–H and O–H groups in total. The van der Waals surface area contributed by atoms with Crippen molar-refractivity contribution in [1.82, 2.24) is 10.2 Å². The molecule has 0 unspecified atom stereocenters. The first-order chi connectivity index (χ1) is 8.72. The molecule has 2 aliphatic heterocycles. The molecular formula is C14H17BrN2O. The van der Waals surface area contributed by atoms with Gasteiger partial charge in [0.25, 0.3) is 5.91 Å². The minimum atomic E-state index is 0.180. The van der Waals surface area contributed by atoms with Gasteiger partial charge < -0.3 is 10.2 Å². The van der Waals surface area contributed by atoms with E-state index >= 15 is 0 Å². The van der Waals surface area contributed by atoms with Crippen molar-refractivity contribution >= 4 is 21.8 Å². The fourth-order valence-corrected chi connectivity index (χ4v) is 3.31. The summed E-state index contributed by atoms with van der Waals surface area (Å²) in [7, 11) is 0. The summed E-state index contributed by atoms with van der Waals surface area (Å²) in [6.07, 6.45) is 1.27. The van der Waals surface area contributed by atoms with Crippen LogP contribution < -0.4 is 5.32 Å². The zero-order valence-corrected chi connectivity index (χ0v) is 11.8. The summed E-state index contributed by atoms with van der Waals surface area (Å²) in [5.74, 6) is 1.45. The lowest BCUT2D eigenvalue weighted by molar-refractivity contribution is 0.0537. The van der Waals surface area contributed by atoms with Gasteiger partial charge in [-0.25, -0.2) is 0 Å². The minimum Gasteiger partial charge on any atom is -0.338 e. The fourth-order valence-electron chi connectivity index (χ4n) is 3.05. The first kappa shape index (κ1) is 12.2. The molecule has 0 aromatic heterocycles. The molecule has 3 nitrogen and oxygen atoms in total. The number of nitrogens with zero attached hydrogens (tertiary/aromatic N) is 1. The van der Waals surface area contributed by atoms with Crippen LogP contribution in [0, 0.1) is 11.8 Å². The smallest absolute Gasteiger partial charge is 0.253 e. The Morgan fingerprint density at radius 1 is 1.17 bits per heavy atom.